The van der Waals surface area contributed by atoms with Gasteiger partial charge in [0, 0.05) is 10.8 Å². The van der Waals surface area contributed by atoms with E-state index < -0.39 is 21.7 Å². The van der Waals surface area contributed by atoms with Gasteiger partial charge in [0.05, 0.1) is 10.8 Å². The lowest BCUT2D eigenvalue weighted by molar-refractivity contribution is -0.164. The van der Waals surface area contributed by atoms with Crippen LogP contribution in [0.4, 0.5) is 0 Å². The highest BCUT2D eigenvalue weighted by Crippen LogP contribution is 2.84. The molecule has 0 aromatic heterocycles. The van der Waals surface area contributed by atoms with E-state index in [-0.39, 0.29) is 22.7 Å². The minimum absolute atomic E-state index is 0.124. The van der Waals surface area contributed by atoms with Gasteiger partial charge in [0.25, 0.3) is 0 Å². The van der Waals surface area contributed by atoms with Crippen LogP contribution < -0.4 is 0 Å². The number of carbonyl (C=O) groups excluding carboxylic acids is 2. The third-order valence-corrected chi connectivity index (χ3v) is 14.4. The van der Waals surface area contributed by atoms with E-state index in [2.05, 4.69) is 110 Å². The fraction of sp³-hybridized carbons (Fsp3) is 0.526. The maximum absolute atomic E-state index is 15.4. The fourth-order valence-electron chi connectivity index (χ4n) is 10.7. The van der Waals surface area contributed by atoms with Gasteiger partial charge in [-0.2, -0.15) is 0 Å². The highest BCUT2D eigenvalue weighted by Gasteiger charge is 2.85. The van der Waals surface area contributed by atoms with Crippen LogP contribution in [0, 0.1) is 44.3 Å². The van der Waals surface area contributed by atoms with Crippen LogP contribution in [0.15, 0.2) is 69.6 Å². The second-order valence-electron chi connectivity index (χ2n) is 15.2. The number of benzene rings is 2. The summed E-state index contributed by atoms with van der Waals surface area (Å²) in [5.41, 5.74) is -0.679. The topological polar surface area (TPSA) is 34.1 Å². The zero-order valence-corrected chi connectivity index (χ0v) is 29.1. The number of allylic oxidation sites excluding steroid dienone is 2. The first-order valence-electron chi connectivity index (χ1n) is 15.6. The Morgan fingerprint density at radius 2 is 0.976 bits per heavy atom. The summed E-state index contributed by atoms with van der Waals surface area (Å²) in [6.45, 7) is 13.7. The summed E-state index contributed by atoms with van der Waals surface area (Å²) in [6, 6.07) is 20.6. The normalized spacial score (nSPS) is 38.5. The van der Waals surface area contributed by atoms with E-state index in [9.17, 15) is 0 Å². The molecular weight excluding hydrogens is 648 g/mol. The van der Waals surface area contributed by atoms with Crippen molar-refractivity contribution in [3.8, 4) is 0 Å². The van der Waals surface area contributed by atoms with Crippen LogP contribution in [0.2, 0.25) is 0 Å². The largest absolute Gasteiger partial charge is 0.298 e. The molecule has 0 saturated heterocycles. The number of halogens is 2. The van der Waals surface area contributed by atoms with Crippen LogP contribution in [0.5, 0.6) is 0 Å². The maximum atomic E-state index is 15.4. The lowest BCUT2D eigenvalue weighted by Gasteiger charge is -2.55. The molecule has 2 nitrogen and oxygen atoms in total. The quantitative estimate of drug-likeness (QED) is 0.290. The van der Waals surface area contributed by atoms with Crippen LogP contribution in [0.25, 0.3) is 12.2 Å². The number of rotatable bonds is 7. The summed E-state index contributed by atoms with van der Waals surface area (Å²) < 4.78 is 2.02. The average molecular weight is 693 g/mol. The van der Waals surface area contributed by atoms with E-state index >= 15 is 9.59 Å². The molecule has 0 unspecified atom stereocenters. The number of ketones is 2. The lowest BCUT2D eigenvalue weighted by Crippen LogP contribution is -2.60. The maximum Gasteiger partial charge on any atom is 0.147 e. The summed E-state index contributed by atoms with van der Waals surface area (Å²) >= 11 is 7.98. The van der Waals surface area contributed by atoms with Gasteiger partial charge in [-0.05, 0) is 93.4 Å². The number of carbonyl (C=O) groups is 2. The summed E-state index contributed by atoms with van der Waals surface area (Å²) in [7, 11) is 0. The van der Waals surface area contributed by atoms with Crippen molar-refractivity contribution in [2.45, 2.75) is 80.1 Å². The van der Waals surface area contributed by atoms with Gasteiger partial charge in [-0.15, -0.1) is 0 Å². The molecule has 6 rings (SSSR count). The summed E-state index contributed by atoms with van der Waals surface area (Å²) in [5, 5.41) is 0. The monoisotopic (exact) mass is 690 g/mol. The number of hydrogen-bond donors (Lipinski definition) is 0. The zero-order chi connectivity index (χ0) is 30.3. The molecule has 0 heterocycles. The molecule has 6 atom stereocenters. The first kappa shape index (κ1) is 30.3. The molecule has 42 heavy (non-hydrogen) atoms. The SMILES string of the molecule is CC1(C)[C@H]2CC[C@@]1(C)C(=O)[C@]2(C/C(Br)=C/c1ccccc1)[C@]1(C/C(Br)=C\c2ccccc2)C(=O)[C@@]2(C)CC[C@H]1C2(C)C. The Labute approximate surface area is 269 Å². The van der Waals surface area contributed by atoms with E-state index in [0.29, 0.717) is 24.4 Å². The summed E-state index contributed by atoms with van der Waals surface area (Å²) in [6.07, 6.45) is 9.24. The van der Waals surface area contributed by atoms with Crippen molar-refractivity contribution in [3.63, 3.8) is 0 Å². The van der Waals surface area contributed by atoms with Gasteiger partial charge in [0.15, 0.2) is 0 Å². The standard InChI is InChI=1S/C38H44Br2O2/c1-33(2)29-17-19-35(33,5)31(41)37(29,23-27(39)21-25-13-9-7-10-14-25)38(24-28(40)22-26-15-11-8-12-16-26)30-18-20-36(6,32(38)42)34(30,3)4/h7-16,21-22,29-30H,17-20,23-24H2,1-6H3/b27-21-,28-22+/t29-,30+,35+,36-,37-,38+/m1/s1. The molecular formula is C38H44Br2O2. The van der Waals surface area contributed by atoms with Crippen LogP contribution in [-0.4, -0.2) is 11.6 Å². The molecule has 0 spiro atoms. The Hall–Kier alpha value is -1.78. The Morgan fingerprint density at radius 1 is 0.643 bits per heavy atom. The molecule has 4 saturated carbocycles. The minimum atomic E-state index is -0.797. The molecule has 4 fully saturated rings. The van der Waals surface area contributed by atoms with Crippen molar-refractivity contribution >= 4 is 55.6 Å². The van der Waals surface area contributed by atoms with Crippen molar-refractivity contribution in [1.29, 1.82) is 0 Å². The summed E-state index contributed by atoms with van der Waals surface area (Å²) in [4.78, 5) is 30.9. The Balaban J connectivity index is 1.61. The average Bonchev–Trinajstić information content (AvgIpc) is 3.42. The molecule has 4 heteroatoms. The number of Topliss-reactive ketones (excluding diaryl/α,β-unsaturated/α-hetero) is 2. The Bertz CT molecular complexity index is 1370. The van der Waals surface area contributed by atoms with Crippen molar-refractivity contribution in [2.75, 3.05) is 0 Å². The smallest absolute Gasteiger partial charge is 0.147 e. The van der Waals surface area contributed by atoms with Gasteiger partial charge in [-0.1, -0.05) is 134 Å². The molecule has 4 bridgehead atoms. The Kier molecular flexibility index (Phi) is 7.10. The molecule has 222 valence electrons. The van der Waals surface area contributed by atoms with E-state index in [1.807, 2.05) is 36.4 Å². The van der Waals surface area contributed by atoms with Gasteiger partial charge < -0.3 is 0 Å². The Morgan fingerprint density at radius 3 is 1.26 bits per heavy atom. The van der Waals surface area contributed by atoms with Gasteiger partial charge >= 0.3 is 0 Å². The van der Waals surface area contributed by atoms with Crippen molar-refractivity contribution < 1.29 is 9.59 Å². The van der Waals surface area contributed by atoms with Crippen LogP contribution in [0.3, 0.4) is 0 Å². The lowest BCUT2D eigenvalue weighted by atomic mass is 9.45. The van der Waals surface area contributed by atoms with E-state index in [1.165, 1.54) is 0 Å². The second-order valence-corrected chi connectivity index (χ2v) is 17.3. The van der Waals surface area contributed by atoms with Gasteiger partial charge in [-0.25, -0.2) is 0 Å². The third-order valence-electron chi connectivity index (χ3n) is 13.4. The van der Waals surface area contributed by atoms with Crippen molar-refractivity contribution in [2.24, 2.45) is 44.3 Å². The molecule has 0 N–H and O–H groups in total. The molecule has 4 aliphatic carbocycles. The molecule has 0 aliphatic heterocycles. The van der Waals surface area contributed by atoms with Gasteiger partial charge in [0.2, 0.25) is 0 Å². The van der Waals surface area contributed by atoms with E-state index in [1.54, 1.807) is 0 Å². The van der Waals surface area contributed by atoms with Crippen molar-refractivity contribution in [3.05, 3.63) is 80.8 Å². The molecule has 0 amide bonds. The van der Waals surface area contributed by atoms with Crippen LogP contribution >= 0.6 is 31.9 Å². The van der Waals surface area contributed by atoms with Gasteiger partial charge in [-0.3, -0.25) is 9.59 Å². The van der Waals surface area contributed by atoms with Crippen LogP contribution in [0.1, 0.15) is 91.2 Å². The van der Waals surface area contributed by atoms with Crippen LogP contribution in [-0.2, 0) is 9.59 Å². The second kappa shape index (κ2) is 9.86. The van der Waals surface area contributed by atoms with Crippen molar-refractivity contribution in [1.82, 2.24) is 0 Å². The van der Waals surface area contributed by atoms with Gasteiger partial charge in [0.1, 0.15) is 11.6 Å². The molecule has 2 aromatic carbocycles. The highest BCUT2D eigenvalue weighted by molar-refractivity contribution is 9.12. The zero-order valence-electron chi connectivity index (χ0n) is 25.9. The predicted octanol–water partition coefficient (Wildman–Crippen LogP) is 10.7. The highest BCUT2D eigenvalue weighted by atomic mass is 79.9. The first-order valence-corrected chi connectivity index (χ1v) is 17.2. The first-order chi connectivity index (χ1) is 19.7. The van der Waals surface area contributed by atoms with E-state index in [4.69, 9.17) is 0 Å². The van der Waals surface area contributed by atoms with E-state index in [0.717, 1.165) is 45.8 Å². The molecule has 0 radical (unpaired) electrons. The minimum Gasteiger partial charge on any atom is -0.298 e. The fourth-order valence-corrected chi connectivity index (χ4v) is 12.1. The predicted molar refractivity (Wildman–Crippen MR) is 180 cm³/mol. The molecule has 4 aliphatic rings. The third kappa shape index (κ3) is 3.73. The molecule has 2 aromatic rings. The number of fused-ring (bicyclic) bond motifs is 4. The summed E-state index contributed by atoms with van der Waals surface area (Å²) in [5.74, 6) is 0.905. The number of hydrogen-bond acceptors (Lipinski definition) is 2.